The second kappa shape index (κ2) is 5.60. The lowest BCUT2D eigenvalue weighted by Crippen LogP contribution is -2.51. The van der Waals surface area contributed by atoms with E-state index in [0.29, 0.717) is 13.0 Å². The number of fused-ring (bicyclic) bond motifs is 5. The number of carbonyl (C=O) groups is 2. The first-order valence-electron chi connectivity index (χ1n) is 8.23. The van der Waals surface area contributed by atoms with E-state index in [1.54, 1.807) is 6.92 Å². The third-order valence-corrected chi connectivity index (χ3v) is 5.24. The monoisotopic (exact) mass is 324 g/mol. The van der Waals surface area contributed by atoms with Gasteiger partial charge < -0.3 is 9.72 Å². The van der Waals surface area contributed by atoms with Gasteiger partial charge in [0.1, 0.15) is 6.04 Å². The SMILES string of the molecule is COC(=O)[C@@H]1Cc2c([nH]c3ccccc23)[C@H]2CC=C(C(C)=O)CN21. The molecule has 5 nitrogen and oxygen atoms in total. The van der Waals surface area contributed by atoms with Crippen molar-refractivity contribution in [2.75, 3.05) is 13.7 Å². The molecule has 0 spiro atoms. The van der Waals surface area contributed by atoms with Crippen molar-refractivity contribution in [2.24, 2.45) is 0 Å². The first-order valence-corrected chi connectivity index (χ1v) is 8.23. The van der Waals surface area contributed by atoms with Gasteiger partial charge in [-0.1, -0.05) is 24.3 Å². The van der Waals surface area contributed by atoms with Gasteiger partial charge in [0.15, 0.2) is 5.78 Å². The van der Waals surface area contributed by atoms with Crippen molar-refractivity contribution in [3.63, 3.8) is 0 Å². The van der Waals surface area contributed by atoms with E-state index < -0.39 is 0 Å². The van der Waals surface area contributed by atoms with Crippen molar-refractivity contribution >= 4 is 22.7 Å². The third kappa shape index (κ3) is 2.19. The summed E-state index contributed by atoms with van der Waals surface area (Å²) in [6.45, 7) is 2.08. The van der Waals surface area contributed by atoms with Crippen molar-refractivity contribution in [1.29, 1.82) is 0 Å². The van der Waals surface area contributed by atoms with Gasteiger partial charge in [0.25, 0.3) is 0 Å². The van der Waals surface area contributed by atoms with Gasteiger partial charge in [0, 0.05) is 35.1 Å². The summed E-state index contributed by atoms with van der Waals surface area (Å²) in [6.07, 6.45) is 3.34. The molecule has 1 aromatic carbocycles. The molecule has 1 N–H and O–H groups in total. The Kier molecular flexibility index (Phi) is 3.53. The van der Waals surface area contributed by atoms with Gasteiger partial charge in [0.2, 0.25) is 0 Å². The average molecular weight is 324 g/mol. The van der Waals surface area contributed by atoms with Crippen LogP contribution in [0.1, 0.15) is 30.6 Å². The van der Waals surface area contributed by atoms with Gasteiger partial charge in [-0.15, -0.1) is 0 Å². The summed E-state index contributed by atoms with van der Waals surface area (Å²) in [7, 11) is 1.42. The molecule has 5 heteroatoms. The van der Waals surface area contributed by atoms with E-state index in [2.05, 4.69) is 22.0 Å². The Morgan fingerprint density at radius 3 is 2.83 bits per heavy atom. The van der Waals surface area contributed by atoms with Crippen LogP contribution < -0.4 is 0 Å². The fraction of sp³-hybridized carbons (Fsp3) is 0.368. The molecule has 0 fully saturated rings. The van der Waals surface area contributed by atoms with E-state index in [4.69, 9.17) is 4.74 Å². The first-order chi connectivity index (χ1) is 11.6. The van der Waals surface area contributed by atoms with E-state index >= 15 is 0 Å². The number of H-pyrrole nitrogens is 1. The number of aromatic nitrogens is 1. The molecule has 0 amide bonds. The number of aromatic amines is 1. The zero-order valence-electron chi connectivity index (χ0n) is 13.8. The van der Waals surface area contributed by atoms with E-state index in [-0.39, 0.29) is 23.8 Å². The zero-order chi connectivity index (χ0) is 16.8. The maximum Gasteiger partial charge on any atom is 0.323 e. The summed E-state index contributed by atoms with van der Waals surface area (Å²) in [6, 6.07) is 7.90. The Morgan fingerprint density at radius 2 is 2.08 bits per heavy atom. The molecular weight excluding hydrogens is 304 g/mol. The Labute approximate surface area is 140 Å². The average Bonchev–Trinajstić information content (AvgIpc) is 2.98. The van der Waals surface area contributed by atoms with Crippen molar-refractivity contribution in [1.82, 2.24) is 9.88 Å². The van der Waals surface area contributed by atoms with Crippen LogP contribution >= 0.6 is 0 Å². The lowest BCUT2D eigenvalue weighted by Gasteiger charge is -2.42. The molecule has 4 rings (SSSR count). The summed E-state index contributed by atoms with van der Waals surface area (Å²) >= 11 is 0. The first kappa shape index (κ1) is 15.1. The van der Waals surface area contributed by atoms with E-state index in [9.17, 15) is 9.59 Å². The van der Waals surface area contributed by atoms with Crippen molar-refractivity contribution in [2.45, 2.75) is 31.8 Å². The highest BCUT2D eigenvalue weighted by Crippen LogP contribution is 2.41. The minimum Gasteiger partial charge on any atom is -0.468 e. The highest BCUT2D eigenvalue weighted by Gasteiger charge is 2.42. The lowest BCUT2D eigenvalue weighted by atomic mass is 9.86. The predicted octanol–water partition coefficient (Wildman–Crippen LogP) is 2.53. The molecule has 3 heterocycles. The number of carbonyl (C=O) groups excluding carboxylic acids is 2. The molecule has 0 radical (unpaired) electrons. The number of ketones is 1. The summed E-state index contributed by atoms with van der Waals surface area (Å²) in [4.78, 5) is 29.8. The molecule has 2 aliphatic heterocycles. The summed E-state index contributed by atoms with van der Waals surface area (Å²) in [5.74, 6) is -0.166. The minimum atomic E-state index is -0.352. The lowest BCUT2D eigenvalue weighted by molar-refractivity contribution is -0.148. The van der Waals surface area contributed by atoms with Crippen LogP contribution in [0.15, 0.2) is 35.9 Å². The second-order valence-electron chi connectivity index (χ2n) is 6.52. The number of nitrogens with one attached hydrogen (secondary N) is 1. The predicted molar refractivity (Wildman–Crippen MR) is 90.6 cm³/mol. The maximum atomic E-state index is 12.4. The fourth-order valence-corrected chi connectivity index (χ4v) is 4.02. The molecule has 2 aliphatic rings. The number of ether oxygens (including phenoxy) is 1. The molecule has 124 valence electrons. The zero-order valence-corrected chi connectivity index (χ0v) is 13.8. The highest BCUT2D eigenvalue weighted by molar-refractivity contribution is 5.94. The summed E-state index contributed by atoms with van der Waals surface area (Å²) < 4.78 is 5.04. The quantitative estimate of drug-likeness (QED) is 0.862. The Morgan fingerprint density at radius 1 is 1.29 bits per heavy atom. The minimum absolute atomic E-state index is 0.0690. The van der Waals surface area contributed by atoms with Crippen molar-refractivity contribution < 1.29 is 14.3 Å². The van der Waals surface area contributed by atoms with Crippen LogP contribution in [-0.2, 0) is 20.7 Å². The molecule has 24 heavy (non-hydrogen) atoms. The number of rotatable bonds is 2. The fourth-order valence-electron chi connectivity index (χ4n) is 4.02. The summed E-state index contributed by atoms with van der Waals surface area (Å²) in [5, 5.41) is 1.17. The Balaban J connectivity index is 1.85. The van der Waals surface area contributed by atoms with Crippen molar-refractivity contribution in [3.05, 3.63) is 47.2 Å². The van der Waals surface area contributed by atoms with Crippen LogP contribution in [-0.4, -0.2) is 41.3 Å². The van der Waals surface area contributed by atoms with Crippen LogP contribution in [0.4, 0.5) is 0 Å². The second-order valence-corrected chi connectivity index (χ2v) is 6.52. The van der Waals surface area contributed by atoms with E-state index in [1.807, 2.05) is 18.2 Å². The topological polar surface area (TPSA) is 62.4 Å². The molecule has 0 bridgehead atoms. The number of methoxy groups -OCH3 is 1. The van der Waals surface area contributed by atoms with Gasteiger partial charge in [-0.05, 0) is 25.0 Å². The van der Waals surface area contributed by atoms with Gasteiger partial charge in [-0.25, -0.2) is 0 Å². The highest BCUT2D eigenvalue weighted by atomic mass is 16.5. The van der Waals surface area contributed by atoms with Crippen LogP contribution in [0.5, 0.6) is 0 Å². The Hall–Kier alpha value is -2.40. The van der Waals surface area contributed by atoms with Gasteiger partial charge in [-0.3, -0.25) is 14.5 Å². The van der Waals surface area contributed by atoms with Gasteiger partial charge >= 0.3 is 5.97 Å². The molecule has 0 aliphatic carbocycles. The van der Waals surface area contributed by atoms with E-state index in [1.165, 1.54) is 18.1 Å². The van der Waals surface area contributed by atoms with Crippen LogP contribution in [0.2, 0.25) is 0 Å². The number of benzene rings is 1. The molecule has 0 saturated heterocycles. The van der Waals surface area contributed by atoms with Crippen LogP contribution in [0.25, 0.3) is 10.9 Å². The molecule has 2 atom stereocenters. The number of esters is 1. The molecule has 0 saturated carbocycles. The van der Waals surface area contributed by atoms with Crippen LogP contribution in [0, 0.1) is 0 Å². The van der Waals surface area contributed by atoms with Gasteiger partial charge in [-0.2, -0.15) is 0 Å². The largest absolute Gasteiger partial charge is 0.468 e. The normalized spacial score (nSPS) is 23.3. The molecule has 1 aromatic heterocycles. The molecule has 2 aromatic rings. The summed E-state index contributed by atoms with van der Waals surface area (Å²) in [5.41, 5.74) is 4.23. The van der Waals surface area contributed by atoms with Gasteiger partial charge in [0.05, 0.1) is 13.2 Å². The number of Topliss-reactive ketones (excluding diaryl/α,β-unsaturated/α-hetero) is 1. The standard InChI is InChI=1S/C19H20N2O3/c1-11(22)12-7-8-16-18-14(13-5-3-4-6-15(13)20-18)9-17(19(23)24-2)21(16)10-12/h3-7,16-17,20H,8-10H2,1-2H3/t16-,17+/m1/s1. The Bertz CT molecular complexity index is 865. The number of para-hydroxylation sites is 1. The number of hydrogen-bond acceptors (Lipinski definition) is 4. The van der Waals surface area contributed by atoms with Crippen LogP contribution in [0.3, 0.4) is 0 Å². The smallest absolute Gasteiger partial charge is 0.323 e. The maximum absolute atomic E-state index is 12.4. The third-order valence-electron chi connectivity index (χ3n) is 5.24. The van der Waals surface area contributed by atoms with Crippen molar-refractivity contribution in [3.8, 4) is 0 Å². The van der Waals surface area contributed by atoms with E-state index in [0.717, 1.165) is 23.2 Å². The number of nitrogens with zero attached hydrogens (tertiary/aromatic N) is 1. The number of hydrogen-bond donors (Lipinski definition) is 1. The molecule has 0 unspecified atom stereocenters. The molecular formula is C19H20N2O3.